The van der Waals surface area contributed by atoms with E-state index in [1.165, 1.54) is 121 Å². The highest BCUT2D eigenvalue weighted by molar-refractivity contribution is 6.24. The molecule has 0 N–H and O–H groups in total. The standard InChI is InChI=1S/C68H46/c1-2-17-55(18-3-1)62-25-12-26-65-66(56-39-35-53(36-40-56)60-21-10-13-47(43-60)27-29-49-31-33-51-15-4-6-19-58(51)45-49)63-23-8-9-24-64(63)67(68(62)65)57-41-37-54(38-42-57)61-22-11-14-48(44-61)28-30-50-32-34-52-16-5-7-20-59(52)46-50/h1-46H. The molecular weight excluding hydrogens is 817 g/mol. The maximum Gasteiger partial charge on any atom is -0.00141 e. The zero-order valence-electron chi connectivity index (χ0n) is 37.6. The van der Waals surface area contributed by atoms with Gasteiger partial charge in [0.2, 0.25) is 0 Å². The minimum atomic E-state index is 1.17. The minimum absolute atomic E-state index is 1.17. The second kappa shape index (κ2) is 17.9. The summed E-state index contributed by atoms with van der Waals surface area (Å²) in [6, 6.07) is 93.0. The van der Waals surface area contributed by atoms with E-state index in [0.29, 0.717) is 0 Å². The Balaban J connectivity index is 0.909. The monoisotopic (exact) mass is 862 g/mol. The van der Waals surface area contributed by atoms with Crippen LogP contribution in [0.15, 0.2) is 255 Å². The van der Waals surface area contributed by atoms with Crippen LogP contribution in [0.25, 0.3) is 123 Å². The topological polar surface area (TPSA) is 0 Å². The van der Waals surface area contributed by atoms with Crippen LogP contribution in [0.3, 0.4) is 0 Å². The molecule has 0 bridgehead atoms. The molecular formula is C68H46. The van der Waals surface area contributed by atoms with Crippen molar-refractivity contribution in [3.05, 3.63) is 277 Å². The van der Waals surface area contributed by atoms with Crippen molar-refractivity contribution in [2.24, 2.45) is 0 Å². The van der Waals surface area contributed by atoms with Crippen LogP contribution in [-0.4, -0.2) is 0 Å². The average molecular weight is 863 g/mol. The molecule has 0 unspecified atom stereocenters. The molecule has 12 aromatic rings. The van der Waals surface area contributed by atoms with Crippen molar-refractivity contribution in [2.75, 3.05) is 0 Å². The van der Waals surface area contributed by atoms with Gasteiger partial charge >= 0.3 is 0 Å². The van der Waals surface area contributed by atoms with E-state index in [1.807, 2.05) is 0 Å². The first-order valence-corrected chi connectivity index (χ1v) is 23.5. The van der Waals surface area contributed by atoms with E-state index in [4.69, 9.17) is 0 Å². The van der Waals surface area contributed by atoms with Crippen LogP contribution in [-0.2, 0) is 0 Å². The lowest BCUT2D eigenvalue weighted by Gasteiger charge is -2.20. The number of hydrogen-bond acceptors (Lipinski definition) is 0. The van der Waals surface area contributed by atoms with Crippen LogP contribution in [0.5, 0.6) is 0 Å². The van der Waals surface area contributed by atoms with Crippen LogP contribution in [0.4, 0.5) is 0 Å². The van der Waals surface area contributed by atoms with E-state index in [0.717, 1.165) is 0 Å². The third-order valence-corrected chi connectivity index (χ3v) is 13.4. The van der Waals surface area contributed by atoms with E-state index < -0.39 is 0 Å². The Hall–Kier alpha value is -8.84. The summed E-state index contributed by atoms with van der Waals surface area (Å²) in [6.45, 7) is 0. The predicted molar refractivity (Wildman–Crippen MR) is 294 cm³/mol. The van der Waals surface area contributed by atoms with Crippen LogP contribution >= 0.6 is 0 Å². The fraction of sp³-hybridized carbons (Fsp3) is 0. The number of benzene rings is 12. The van der Waals surface area contributed by atoms with Crippen molar-refractivity contribution in [3.63, 3.8) is 0 Å². The van der Waals surface area contributed by atoms with Crippen molar-refractivity contribution < 1.29 is 0 Å². The number of fused-ring (bicyclic) bond motifs is 4. The van der Waals surface area contributed by atoms with Crippen LogP contribution in [0.1, 0.15) is 22.3 Å². The number of hydrogen-bond donors (Lipinski definition) is 0. The summed E-state index contributed by atoms with van der Waals surface area (Å²) in [7, 11) is 0. The fourth-order valence-corrected chi connectivity index (χ4v) is 10.0. The molecule has 318 valence electrons. The molecule has 0 nitrogen and oxygen atoms in total. The van der Waals surface area contributed by atoms with Gasteiger partial charge in [-0.2, -0.15) is 0 Å². The Morgan fingerprint density at radius 3 is 1.15 bits per heavy atom. The van der Waals surface area contributed by atoms with E-state index in [9.17, 15) is 0 Å². The van der Waals surface area contributed by atoms with E-state index in [2.05, 4.69) is 279 Å². The lowest BCUT2D eigenvalue weighted by molar-refractivity contribution is 1.58. The van der Waals surface area contributed by atoms with E-state index in [-0.39, 0.29) is 0 Å². The minimum Gasteiger partial charge on any atom is -0.0622 e. The van der Waals surface area contributed by atoms with Crippen molar-refractivity contribution in [1.29, 1.82) is 0 Å². The predicted octanol–water partition coefficient (Wildman–Crippen LogP) is 19.0. The van der Waals surface area contributed by atoms with Gasteiger partial charge < -0.3 is 0 Å². The zero-order chi connectivity index (χ0) is 45.2. The molecule has 0 heteroatoms. The van der Waals surface area contributed by atoms with Gasteiger partial charge in [-0.25, -0.2) is 0 Å². The molecule has 0 aromatic heterocycles. The summed E-state index contributed by atoms with van der Waals surface area (Å²) in [5.74, 6) is 0. The second-order valence-electron chi connectivity index (χ2n) is 17.7. The molecule has 0 atom stereocenters. The van der Waals surface area contributed by atoms with Gasteiger partial charge in [0, 0.05) is 0 Å². The van der Waals surface area contributed by atoms with Crippen LogP contribution in [0, 0.1) is 0 Å². The average Bonchev–Trinajstić information content (AvgIpc) is 3.41. The molecule has 68 heavy (non-hydrogen) atoms. The molecule has 0 aliphatic carbocycles. The summed E-state index contributed by atoms with van der Waals surface area (Å²) in [5.41, 5.74) is 16.8. The quantitative estimate of drug-likeness (QED) is 0.100. The Morgan fingerprint density at radius 1 is 0.206 bits per heavy atom. The maximum absolute atomic E-state index is 2.32. The third kappa shape index (κ3) is 8.00. The summed E-state index contributed by atoms with van der Waals surface area (Å²) in [6.07, 6.45) is 8.84. The highest BCUT2D eigenvalue weighted by atomic mass is 14.2. The lowest BCUT2D eigenvalue weighted by atomic mass is 9.82. The van der Waals surface area contributed by atoms with Gasteiger partial charge in [0.05, 0.1) is 0 Å². The van der Waals surface area contributed by atoms with Crippen molar-refractivity contribution in [2.45, 2.75) is 0 Å². The van der Waals surface area contributed by atoms with Crippen LogP contribution < -0.4 is 0 Å². The Kier molecular flexibility index (Phi) is 10.7. The van der Waals surface area contributed by atoms with Gasteiger partial charge in [0.25, 0.3) is 0 Å². The molecule has 12 rings (SSSR count). The molecule has 0 aliphatic rings. The molecule has 12 aromatic carbocycles. The molecule has 0 amide bonds. The molecule has 0 spiro atoms. The first-order chi connectivity index (χ1) is 33.7. The van der Waals surface area contributed by atoms with Gasteiger partial charge in [-0.15, -0.1) is 0 Å². The van der Waals surface area contributed by atoms with Gasteiger partial charge in [-0.1, -0.05) is 255 Å². The Bertz CT molecular complexity index is 3870. The number of rotatable bonds is 9. The van der Waals surface area contributed by atoms with Crippen molar-refractivity contribution >= 4 is 67.4 Å². The fourth-order valence-electron chi connectivity index (χ4n) is 10.0. The van der Waals surface area contributed by atoms with E-state index in [1.54, 1.807) is 0 Å². The molecule has 0 saturated carbocycles. The normalized spacial score (nSPS) is 11.7. The third-order valence-electron chi connectivity index (χ3n) is 13.4. The molecule has 0 saturated heterocycles. The zero-order valence-corrected chi connectivity index (χ0v) is 37.6. The Morgan fingerprint density at radius 2 is 0.603 bits per heavy atom. The largest absolute Gasteiger partial charge is 0.0622 e. The second-order valence-corrected chi connectivity index (χ2v) is 17.7. The molecule has 0 heterocycles. The van der Waals surface area contributed by atoms with Gasteiger partial charge in [0.1, 0.15) is 0 Å². The van der Waals surface area contributed by atoms with Gasteiger partial charge in [0.15, 0.2) is 0 Å². The van der Waals surface area contributed by atoms with Crippen molar-refractivity contribution in [1.82, 2.24) is 0 Å². The summed E-state index contributed by atoms with van der Waals surface area (Å²) in [4.78, 5) is 0. The first kappa shape index (κ1) is 40.7. The highest BCUT2D eigenvalue weighted by Crippen LogP contribution is 2.47. The summed E-state index contributed by atoms with van der Waals surface area (Å²) < 4.78 is 0. The van der Waals surface area contributed by atoms with Crippen molar-refractivity contribution in [3.8, 4) is 55.6 Å². The van der Waals surface area contributed by atoms with Gasteiger partial charge in [-0.3, -0.25) is 0 Å². The molecule has 0 radical (unpaired) electrons. The van der Waals surface area contributed by atoms with Gasteiger partial charge in [-0.05, 0) is 145 Å². The lowest BCUT2D eigenvalue weighted by Crippen LogP contribution is -1.93. The molecule has 0 aliphatic heterocycles. The smallest absolute Gasteiger partial charge is 0.00141 e. The first-order valence-electron chi connectivity index (χ1n) is 23.5. The molecule has 0 fully saturated rings. The summed E-state index contributed by atoms with van der Waals surface area (Å²) in [5, 5.41) is 10.0. The van der Waals surface area contributed by atoms with Crippen LogP contribution in [0.2, 0.25) is 0 Å². The summed E-state index contributed by atoms with van der Waals surface area (Å²) >= 11 is 0. The Labute approximate surface area is 398 Å². The van der Waals surface area contributed by atoms with E-state index >= 15 is 0 Å². The maximum atomic E-state index is 2.32. The highest BCUT2D eigenvalue weighted by Gasteiger charge is 2.20. The SMILES string of the molecule is C(=Cc1ccc2ccccc2c1)c1cccc(-c2ccc(-c3c4ccccc4c(-c4ccc(-c5cccc(C=Cc6ccc7ccccc7c6)c5)cc4)c4c(-c5ccccc5)cccc34)cc2)c1.